The Bertz CT molecular complexity index is 721. The topological polar surface area (TPSA) is 86.0 Å². The summed E-state index contributed by atoms with van der Waals surface area (Å²) in [6.45, 7) is 0. The lowest BCUT2D eigenvalue weighted by atomic mass is 10.2. The summed E-state index contributed by atoms with van der Waals surface area (Å²) >= 11 is 0.920. The van der Waals surface area contributed by atoms with Crippen molar-refractivity contribution in [2.45, 2.75) is 6.18 Å². The van der Waals surface area contributed by atoms with Crippen LogP contribution in [0.4, 0.5) is 34.3 Å². The van der Waals surface area contributed by atoms with Gasteiger partial charge in [0.05, 0.1) is 5.56 Å². The SMILES string of the molecule is CNC(=O)Nc1c(Nc2ccc(C(F)(F)F)cc2)s[nH]c1=O. The van der Waals surface area contributed by atoms with Gasteiger partial charge in [0.15, 0.2) is 0 Å². The predicted octanol–water partition coefficient (Wildman–Crippen LogP) is 2.95. The lowest BCUT2D eigenvalue weighted by molar-refractivity contribution is -0.137. The fourth-order valence-corrected chi connectivity index (χ4v) is 2.27. The van der Waals surface area contributed by atoms with E-state index in [-0.39, 0.29) is 10.7 Å². The summed E-state index contributed by atoms with van der Waals surface area (Å²) in [6, 6.07) is 3.72. The smallest absolute Gasteiger partial charge is 0.344 e. The van der Waals surface area contributed by atoms with Crippen LogP contribution in [0.5, 0.6) is 0 Å². The number of hydrogen-bond donors (Lipinski definition) is 4. The third kappa shape index (κ3) is 3.58. The molecule has 0 radical (unpaired) electrons. The summed E-state index contributed by atoms with van der Waals surface area (Å²) in [4.78, 5) is 22.9. The number of urea groups is 1. The Morgan fingerprint density at radius 1 is 1.23 bits per heavy atom. The Balaban J connectivity index is 2.21. The van der Waals surface area contributed by atoms with E-state index in [0.717, 1.165) is 23.7 Å². The molecule has 0 saturated heterocycles. The van der Waals surface area contributed by atoms with Gasteiger partial charge in [0.1, 0.15) is 10.7 Å². The molecule has 22 heavy (non-hydrogen) atoms. The van der Waals surface area contributed by atoms with Gasteiger partial charge in [-0.05, 0) is 35.8 Å². The third-order valence-corrected chi connectivity index (χ3v) is 3.43. The van der Waals surface area contributed by atoms with Crippen LogP contribution in [0.3, 0.4) is 0 Å². The standard InChI is InChI=1S/C12H11F3N4O2S/c1-16-11(21)18-8-9(20)19-22-10(8)17-7-4-2-6(3-5-7)12(13,14)15/h2-5,17H,1H3,(H,19,20)(H2,16,18,21). The Morgan fingerprint density at radius 2 is 1.86 bits per heavy atom. The van der Waals surface area contributed by atoms with E-state index in [2.05, 4.69) is 20.3 Å². The van der Waals surface area contributed by atoms with E-state index in [9.17, 15) is 22.8 Å². The largest absolute Gasteiger partial charge is 0.416 e. The molecule has 2 rings (SSSR count). The molecule has 4 N–H and O–H groups in total. The molecule has 0 atom stereocenters. The number of hydrogen-bond acceptors (Lipinski definition) is 4. The monoisotopic (exact) mass is 332 g/mol. The molecule has 0 saturated carbocycles. The zero-order valence-corrected chi connectivity index (χ0v) is 12.0. The van der Waals surface area contributed by atoms with Crippen molar-refractivity contribution in [3.8, 4) is 0 Å². The summed E-state index contributed by atoms with van der Waals surface area (Å²) < 4.78 is 39.9. The molecule has 0 aliphatic rings. The van der Waals surface area contributed by atoms with E-state index in [0.29, 0.717) is 5.69 Å². The fourth-order valence-electron chi connectivity index (χ4n) is 1.55. The molecule has 0 fully saturated rings. The molecule has 6 nitrogen and oxygen atoms in total. The first kappa shape index (κ1) is 15.9. The van der Waals surface area contributed by atoms with Gasteiger partial charge < -0.3 is 16.0 Å². The molecule has 0 bridgehead atoms. The molecule has 0 aliphatic heterocycles. The van der Waals surface area contributed by atoms with E-state index < -0.39 is 23.3 Å². The van der Waals surface area contributed by atoms with Crippen molar-refractivity contribution >= 4 is 33.9 Å². The minimum absolute atomic E-state index is 0.00996. The number of alkyl halides is 3. The van der Waals surface area contributed by atoms with Crippen molar-refractivity contribution in [1.29, 1.82) is 0 Å². The summed E-state index contributed by atoms with van der Waals surface area (Å²) in [6.07, 6.45) is -4.41. The zero-order valence-electron chi connectivity index (χ0n) is 11.2. The molecular weight excluding hydrogens is 321 g/mol. The molecule has 10 heteroatoms. The van der Waals surface area contributed by atoms with Gasteiger partial charge in [0.2, 0.25) is 0 Å². The quantitative estimate of drug-likeness (QED) is 0.697. The van der Waals surface area contributed by atoms with Crippen LogP contribution in [0, 0.1) is 0 Å². The molecule has 1 heterocycles. The molecule has 1 aromatic carbocycles. The highest BCUT2D eigenvalue weighted by Crippen LogP contribution is 2.31. The summed E-state index contributed by atoms with van der Waals surface area (Å²) in [5.41, 5.74) is -0.945. The summed E-state index contributed by atoms with van der Waals surface area (Å²) in [7, 11) is 1.39. The van der Waals surface area contributed by atoms with E-state index >= 15 is 0 Å². The lowest BCUT2D eigenvalue weighted by Gasteiger charge is -2.09. The number of amides is 2. The summed E-state index contributed by atoms with van der Waals surface area (Å²) in [5, 5.41) is 7.70. The number of H-pyrrole nitrogens is 1. The van der Waals surface area contributed by atoms with Crippen molar-refractivity contribution in [3.05, 3.63) is 40.2 Å². The lowest BCUT2D eigenvalue weighted by Crippen LogP contribution is -2.27. The van der Waals surface area contributed by atoms with Gasteiger partial charge in [-0.15, -0.1) is 0 Å². The number of aromatic amines is 1. The van der Waals surface area contributed by atoms with Crippen molar-refractivity contribution in [2.24, 2.45) is 0 Å². The zero-order chi connectivity index (χ0) is 16.3. The third-order valence-electron chi connectivity index (χ3n) is 2.64. The molecule has 0 spiro atoms. The second kappa shape index (κ2) is 6.10. The first-order valence-corrected chi connectivity index (χ1v) is 6.77. The number of halogens is 3. The Kier molecular flexibility index (Phi) is 4.40. The van der Waals surface area contributed by atoms with Gasteiger partial charge in [0, 0.05) is 12.7 Å². The van der Waals surface area contributed by atoms with Crippen LogP contribution < -0.4 is 21.5 Å². The van der Waals surface area contributed by atoms with Gasteiger partial charge in [-0.25, -0.2) is 4.79 Å². The first-order chi connectivity index (χ1) is 10.3. The summed E-state index contributed by atoms with van der Waals surface area (Å²) in [5.74, 6) is 0. The number of rotatable bonds is 3. The van der Waals surface area contributed by atoms with Crippen LogP contribution in [0.2, 0.25) is 0 Å². The van der Waals surface area contributed by atoms with Crippen molar-refractivity contribution in [2.75, 3.05) is 17.7 Å². The number of aromatic nitrogens is 1. The van der Waals surface area contributed by atoms with Gasteiger partial charge in [-0.1, -0.05) is 0 Å². The van der Waals surface area contributed by atoms with E-state index in [1.807, 2.05) is 0 Å². The van der Waals surface area contributed by atoms with Gasteiger partial charge in [0.25, 0.3) is 5.56 Å². The Hall–Kier alpha value is -2.49. The van der Waals surface area contributed by atoms with Crippen molar-refractivity contribution in [1.82, 2.24) is 9.69 Å². The second-order valence-electron chi connectivity index (χ2n) is 4.14. The van der Waals surface area contributed by atoms with Crippen LogP contribution in [0.15, 0.2) is 29.1 Å². The number of anilines is 3. The first-order valence-electron chi connectivity index (χ1n) is 5.95. The van der Waals surface area contributed by atoms with Crippen LogP contribution in [0.1, 0.15) is 5.56 Å². The maximum atomic E-state index is 12.5. The molecule has 0 unspecified atom stereocenters. The maximum absolute atomic E-state index is 12.5. The van der Waals surface area contributed by atoms with Gasteiger partial charge >= 0.3 is 12.2 Å². The predicted molar refractivity (Wildman–Crippen MR) is 77.7 cm³/mol. The average molecular weight is 332 g/mol. The molecule has 2 aromatic rings. The molecule has 1 aromatic heterocycles. The Labute approximate surface area is 126 Å². The minimum Gasteiger partial charge on any atom is -0.344 e. The second-order valence-corrected chi connectivity index (χ2v) is 4.96. The molecular formula is C12H11F3N4O2S. The van der Waals surface area contributed by atoms with Crippen molar-refractivity contribution in [3.63, 3.8) is 0 Å². The number of benzene rings is 1. The van der Waals surface area contributed by atoms with E-state index in [4.69, 9.17) is 0 Å². The molecule has 0 aliphatic carbocycles. The fraction of sp³-hybridized carbons (Fsp3) is 0.167. The highest BCUT2D eigenvalue weighted by molar-refractivity contribution is 7.11. The Morgan fingerprint density at radius 3 is 2.41 bits per heavy atom. The van der Waals surface area contributed by atoms with Crippen LogP contribution in [0.25, 0.3) is 0 Å². The van der Waals surface area contributed by atoms with Crippen LogP contribution in [-0.4, -0.2) is 17.5 Å². The van der Waals surface area contributed by atoms with Crippen molar-refractivity contribution < 1.29 is 18.0 Å². The number of carbonyl (C=O) groups is 1. The molecule has 2 amide bonds. The van der Waals surface area contributed by atoms with E-state index in [1.165, 1.54) is 19.2 Å². The highest BCUT2D eigenvalue weighted by Gasteiger charge is 2.30. The average Bonchev–Trinajstić information content (AvgIpc) is 2.79. The van der Waals surface area contributed by atoms with Crippen LogP contribution >= 0.6 is 11.5 Å². The highest BCUT2D eigenvalue weighted by atomic mass is 32.1. The number of nitrogens with one attached hydrogen (secondary N) is 4. The minimum atomic E-state index is -4.41. The number of carbonyl (C=O) groups excluding carboxylic acids is 1. The maximum Gasteiger partial charge on any atom is 0.416 e. The van der Waals surface area contributed by atoms with E-state index in [1.54, 1.807) is 0 Å². The van der Waals surface area contributed by atoms with Gasteiger partial charge in [-0.2, -0.15) is 13.2 Å². The van der Waals surface area contributed by atoms with Gasteiger partial charge in [-0.3, -0.25) is 9.17 Å². The van der Waals surface area contributed by atoms with Crippen LogP contribution in [-0.2, 0) is 6.18 Å². The molecule has 118 valence electrons. The normalized spacial score (nSPS) is 11.1.